The zero-order valence-electron chi connectivity index (χ0n) is 8.50. The Balaban J connectivity index is 2.11. The summed E-state index contributed by atoms with van der Waals surface area (Å²) in [5.74, 6) is -0.711. The lowest BCUT2D eigenvalue weighted by molar-refractivity contribution is 0.0928. The molecule has 0 spiro atoms. The highest BCUT2D eigenvalue weighted by Gasteiger charge is 2.20. The number of rotatable bonds is 2. The molecule has 0 saturated carbocycles. The largest absolute Gasteiger partial charge is 0.379 e. The summed E-state index contributed by atoms with van der Waals surface area (Å²) in [6.07, 6.45) is 0.804. The van der Waals surface area contributed by atoms with Gasteiger partial charge in [0.25, 0.3) is 5.91 Å². The monoisotopic (exact) mass is 287 g/mol. The molecule has 1 aliphatic heterocycles. The molecule has 0 radical (unpaired) electrons. The number of ether oxygens (including phenoxy) is 1. The first-order chi connectivity index (χ1) is 7.68. The summed E-state index contributed by atoms with van der Waals surface area (Å²) in [6, 6.07) is 4.43. The van der Waals surface area contributed by atoms with Crippen molar-refractivity contribution in [2.24, 2.45) is 0 Å². The fourth-order valence-electron chi connectivity index (χ4n) is 1.59. The molecule has 1 heterocycles. The molecule has 1 aromatic rings. The SMILES string of the molecule is O=C(NC1CCOC1)c1cccc(F)c1Br. The number of nitrogens with one attached hydrogen (secondary N) is 1. The summed E-state index contributed by atoms with van der Waals surface area (Å²) in [7, 11) is 0. The topological polar surface area (TPSA) is 38.3 Å². The van der Waals surface area contributed by atoms with Crippen LogP contribution >= 0.6 is 15.9 Å². The molecule has 3 nitrogen and oxygen atoms in total. The average Bonchev–Trinajstić information content (AvgIpc) is 2.74. The van der Waals surface area contributed by atoms with Gasteiger partial charge >= 0.3 is 0 Å². The minimum absolute atomic E-state index is 0.0302. The van der Waals surface area contributed by atoms with Crippen LogP contribution < -0.4 is 5.32 Å². The number of carbonyl (C=O) groups excluding carboxylic acids is 1. The Kier molecular flexibility index (Phi) is 3.56. The zero-order chi connectivity index (χ0) is 11.5. The predicted octanol–water partition coefficient (Wildman–Crippen LogP) is 2.11. The van der Waals surface area contributed by atoms with E-state index in [1.54, 1.807) is 6.07 Å². The van der Waals surface area contributed by atoms with Crippen LogP contribution in [-0.4, -0.2) is 25.2 Å². The van der Waals surface area contributed by atoms with Crippen molar-refractivity contribution in [2.45, 2.75) is 12.5 Å². The summed E-state index contributed by atoms with van der Waals surface area (Å²) >= 11 is 3.06. The van der Waals surface area contributed by atoms with E-state index in [0.717, 1.165) is 6.42 Å². The van der Waals surface area contributed by atoms with Gasteiger partial charge in [-0.25, -0.2) is 4.39 Å². The van der Waals surface area contributed by atoms with Gasteiger partial charge in [-0.3, -0.25) is 4.79 Å². The molecule has 1 fully saturated rings. The normalized spacial score (nSPS) is 19.8. The smallest absolute Gasteiger partial charge is 0.252 e. The number of amides is 1. The molecule has 5 heteroatoms. The lowest BCUT2D eigenvalue weighted by Gasteiger charge is -2.11. The number of carbonyl (C=O) groups is 1. The maximum atomic E-state index is 13.2. The molecule has 16 heavy (non-hydrogen) atoms. The van der Waals surface area contributed by atoms with Crippen LogP contribution in [0.25, 0.3) is 0 Å². The lowest BCUT2D eigenvalue weighted by Crippen LogP contribution is -2.35. The van der Waals surface area contributed by atoms with E-state index in [0.29, 0.717) is 18.8 Å². The Hall–Kier alpha value is -0.940. The number of halogens is 2. The predicted molar refractivity (Wildman–Crippen MR) is 60.8 cm³/mol. The third kappa shape index (κ3) is 2.41. The standard InChI is InChI=1S/C11H11BrFNO2/c12-10-8(2-1-3-9(10)13)11(15)14-7-4-5-16-6-7/h1-3,7H,4-6H2,(H,14,15). The van der Waals surface area contributed by atoms with Crippen LogP contribution in [0.2, 0.25) is 0 Å². The maximum absolute atomic E-state index is 13.2. The van der Waals surface area contributed by atoms with Crippen molar-refractivity contribution in [3.8, 4) is 0 Å². The summed E-state index contributed by atoms with van der Waals surface area (Å²) in [5.41, 5.74) is 0.312. The fourth-order valence-corrected chi connectivity index (χ4v) is 2.04. The summed E-state index contributed by atoms with van der Waals surface area (Å²) in [4.78, 5) is 11.8. The molecule has 1 aromatic carbocycles. The van der Waals surface area contributed by atoms with Crippen LogP contribution in [0.4, 0.5) is 4.39 Å². The average molecular weight is 288 g/mol. The lowest BCUT2D eigenvalue weighted by atomic mass is 10.2. The van der Waals surface area contributed by atoms with Crippen molar-refractivity contribution < 1.29 is 13.9 Å². The Morgan fingerprint density at radius 1 is 1.56 bits per heavy atom. The second kappa shape index (κ2) is 4.93. The highest BCUT2D eigenvalue weighted by molar-refractivity contribution is 9.10. The molecule has 0 aromatic heterocycles. The Morgan fingerprint density at radius 2 is 2.38 bits per heavy atom. The third-order valence-electron chi connectivity index (χ3n) is 2.46. The van der Waals surface area contributed by atoms with Crippen LogP contribution in [0.15, 0.2) is 22.7 Å². The van der Waals surface area contributed by atoms with Crippen LogP contribution in [0.3, 0.4) is 0 Å². The molecule has 1 amide bonds. The molecule has 0 aliphatic carbocycles. The van der Waals surface area contributed by atoms with Crippen LogP contribution in [0.1, 0.15) is 16.8 Å². The number of benzene rings is 1. The maximum Gasteiger partial charge on any atom is 0.252 e. The molecule has 1 unspecified atom stereocenters. The van der Waals surface area contributed by atoms with Gasteiger partial charge in [0.1, 0.15) is 5.82 Å². The second-order valence-corrected chi connectivity index (χ2v) is 4.43. The van der Waals surface area contributed by atoms with Gasteiger partial charge in [-0.1, -0.05) is 6.07 Å². The first-order valence-electron chi connectivity index (χ1n) is 5.01. The van der Waals surface area contributed by atoms with Crippen molar-refractivity contribution in [3.05, 3.63) is 34.1 Å². The highest BCUT2D eigenvalue weighted by atomic mass is 79.9. The first kappa shape index (κ1) is 11.5. The van der Waals surface area contributed by atoms with E-state index < -0.39 is 5.82 Å². The Bertz CT molecular complexity index is 405. The van der Waals surface area contributed by atoms with E-state index in [9.17, 15) is 9.18 Å². The van der Waals surface area contributed by atoms with Crippen LogP contribution in [0.5, 0.6) is 0 Å². The highest BCUT2D eigenvalue weighted by Crippen LogP contribution is 2.20. The minimum Gasteiger partial charge on any atom is -0.379 e. The van der Waals surface area contributed by atoms with E-state index >= 15 is 0 Å². The van der Waals surface area contributed by atoms with Crippen molar-refractivity contribution in [3.63, 3.8) is 0 Å². The molecule has 0 bridgehead atoms. The molecule has 1 atom stereocenters. The van der Waals surface area contributed by atoms with Crippen molar-refractivity contribution in [1.82, 2.24) is 5.32 Å². The van der Waals surface area contributed by atoms with E-state index in [1.165, 1.54) is 12.1 Å². The van der Waals surface area contributed by atoms with Crippen molar-refractivity contribution in [1.29, 1.82) is 0 Å². The molecule has 2 rings (SSSR count). The summed E-state index contributed by atoms with van der Waals surface area (Å²) < 4.78 is 18.5. The molecule has 1 saturated heterocycles. The Morgan fingerprint density at radius 3 is 3.06 bits per heavy atom. The summed E-state index contributed by atoms with van der Waals surface area (Å²) in [6.45, 7) is 1.19. The third-order valence-corrected chi connectivity index (χ3v) is 3.27. The van der Waals surface area contributed by atoms with E-state index in [-0.39, 0.29) is 16.4 Å². The fraction of sp³-hybridized carbons (Fsp3) is 0.364. The molecule has 1 N–H and O–H groups in total. The van der Waals surface area contributed by atoms with Gasteiger partial charge in [0.05, 0.1) is 22.7 Å². The number of hydrogen-bond donors (Lipinski definition) is 1. The van der Waals surface area contributed by atoms with E-state index in [2.05, 4.69) is 21.2 Å². The van der Waals surface area contributed by atoms with Gasteiger partial charge in [0.15, 0.2) is 0 Å². The molecular formula is C11H11BrFNO2. The quantitative estimate of drug-likeness (QED) is 0.905. The van der Waals surface area contributed by atoms with Gasteiger partial charge < -0.3 is 10.1 Å². The van der Waals surface area contributed by atoms with Crippen LogP contribution in [-0.2, 0) is 4.74 Å². The van der Waals surface area contributed by atoms with Crippen LogP contribution in [0, 0.1) is 5.82 Å². The Labute approximate surface area is 101 Å². The molecule has 86 valence electrons. The molecule has 1 aliphatic rings. The zero-order valence-corrected chi connectivity index (χ0v) is 10.1. The van der Waals surface area contributed by atoms with E-state index in [1.807, 2.05) is 0 Å². The van der Waals surface area contributed by atoms with Gasteiger partial charge in [-0.15, -0.1) is 0 Å². The van der Waals surface area contributed by atoms with Crippen molar-refractivity contribution in [2.75, 3.05) is 13.2 Å². The van der Waals surface area contributed by atoms with Gasteiger partial charge in [0, 0.05) is 6.61 Å². The van der Waals surface area contributed by atoms with Gasteiger partial charge in [-0.05, 0) is 34.5 Å². The van der Waals surface area contributed by atoms with Gasteiger partial charge in [-0.2, -0.15) is 0 Å². The van der Waals surface area contributed by atoms with Gasteiger partial charge in [0.2, 0.25) is 0 Å². The minimum atomic E-state index is -0.435. The first-order valence-corrected chi connectivity index (χ1v) is 5.80. The number of hydrogen-bond acceptors (Lipinski definition) is 2. The van der Waals surface area contributed by atoms with E-state index in [4.69, 9.17) is 4.74 Å². The summed E-state index contributed by atoms with van der Waals surface area (Å²) in [5, 5.41) is 2.80. The second-order valence-electron chi connectivity index (χ2n) is 3.64. The van der Waals surface area contributed by atoms with Crippen molar-refractivity contribution >= 4 is 21.8 Å². The molecular weight excluding hydrogens is 277 g/mol.